The van der Waals surface area contributed by atoms with Gasteiger partial charge in [0.1, 0.15) is 12.4 Å². The fourth-order valence-corrected chi connectivity index (χ4v) is 3.13. The third-order valence-electron chi connectivity index (χ3n) is 4.64. The Hall–Kier alpha value is -4.02. The van der Waals surface area contributed by atoms with Gasteiger partial charge in [0, 0.05) is 0 Å². The lowest BCUT2D eigenvalue weighted by atomic mass is 9.96. The molecule has 3 aromatic carbocycles. The summed E-state index contributed by atoms with van der Waals surface area (Å²) < 4.78 is 5.90. The number of hydrogen-bond donors (Lipinski definition) is 1. The maximum atomic E-state index is 11.0. The van der Waals surface area contributed by atoms with Gasteiger partial charge < -0.3 is 9.84 Å². The molecule has 0 aliphatic rings. The Kier molecular flexibility index (Phi) is 6.87. The van der Waals surface area contributed by atoms with Crippen LogP contribution in [0.4, 0.5) is 5.69 Å². The predicted octanol–water partition coefficient (Wildman–Crippen LogP) is 6.06. The van der Waals surface area contributed by atoms with Crippen molar-refractivity contribution in [3.05, 3.63) is 95.3 Å². The number of ether oxygens (including phenoxy) is 1. The normalized spacial score (nSPS) is 10.9. The van der Waals surface area contributed by atoms with Crippen LogP contribution in [0.5, 0.6) is 5.75 Å². The molecule has 3 aromatic rings. The second-order valence-electron chi connectivity index (χ2n) is 6.76. The van der Waals surface area contributed by atoms with Crippen molar-refractivity contribution in [1.29, 1.82) is 0 Å². The Morgan fingerprint density at radius 2 is 1.80 bits per heavy atom. The van der Waals surface area contributed by atoms with Gasteiger partial charge in [-0.1, -0.05) is 60.5 Å². The highest BCUT2D eigenvalue weighted by Crippen LogP contribution is 2.25. The molecular formula is C26H21NO3. The molecule has 30 heavy (non-hydrogen) atoms. The van der Waals surface area contributed by atoms with Crippen molar-refractivity contribution in [1.82, 2.24) is 0 Å². The van der Waals surface area contributed by atoms with Crippen LogP contribution in [0.1, 0.15) is 30.4 Å². The molecule has 0 aliphatic heterocycles. The molecule has 148 valence electrons. The van der Waals surface area contributed by atoms with Crippen molar-refractivity contribution in [2.75, 3.05) is 0 Å². The lowest BCUT2D eigenvalue weighted by molar-refractivity contribution is -0.137. The molecule has 0 spiro atoms. The number of benzene rings is 3. The van der Waals surface area contributed by atoms with Crippen LogP contribution in [0, 0.1) is 18.4 Å². The first kappa shape index (κ1) is 20.7. The summed E-state index contributed by atoms with van der Waals surface area (Å²) in [6, 6.07) is 23.0. The van der Waals surface area contributed by atoms with Crippen LogP contribution < -0.4 is 4.74 Å². The molecule has 0 saturated heterocycles. The third kappa shape index (κ3) is 5.50. The number of carboxylic acid groups (broad SMARTS) is 1. The van der Waals surface area contributed by atoms with E-state index in [4.69, 9.17) is 16.4 Å². The molecule has 4 heteroatoms. The lowest BCUT2D eigenvalue weighted by Crippen LogP contribution is -2.04. The maximum absolute atomic E-state index is 11.0. The molecule has 1 N–H and O–H groups in total. The SMILES string of the molecule is [C-]#[N+]c1ccc(-c2cccc(COc3ccc(C(C#CC)CC(=O)O)cc3)c2)cc1. The van der Waals surface area contributed by atoms with Gasteiger partial charge in [-0.25, -0.2) is 4.85 Å². The molecule has 0 radical (unpaired) electrons. The second-order valence-corrected chi connectivity index (χ2v) is 6.76. The van der Waals surface area contributed by atoms with E-state index in [1.807, 2.05) is 66.7 Å². The molecule has 0 bridgehead atoms. The molecule has 3 rings (SSSR count). The number of hydrogen-bond acceptors (Lipinski definition) is 2. The Morgan fingerprint density at radius 3 is 2.43 bits per heavy atom. The van der Waals surface area contributed by atoms with Crippen molar-refractivity contribution in [2.24, 2.45) is 0 Å². The monoisotopic (exact) mass is 395 g/mol. The number of carbonyl (C=O) groups is 1. The van der Waals surface area contributed by atoms with Gasteiger partial charge in [0.15, 0.2) is 5.69 Å². The molecular weight excluding hydrogens is 374 g/mol. The van der Waals surface area contributed by atoms with Crippen molar-refractivity contribution >= 4 is 11.7 Å². The minimum Gasteiger partial charge on any atom is -0.489 e. The smallest absolute Gasteiger partial charge is 0.304 e. The minimum absolute atomic E-state index is 0.0231. The summed E-state index contributed by atoms with van der Waals surface area (Å²) >= 11 is 0. The Morgan fingerprint density at radius 1 is 1.07 bits per heavy atom. The van der Waals surface area contributed by atoms with E-state index < -0.39 is 5.97 Å². The highest BCUT2D eigenvalue weighted by Gasteiger charge is 2.13. The van der Waals surface area contributed by atoms with Gasteiger partial charge in [-0.15, -0.1) is 5.92 Å². The maximum Gasteiger partial charge on any atom is 0.304 e. The van der Waals surface area contributed by atoms with Crippen LogP contribution in [0.3, 0.4) is 0 Å². The molecule has 1 atom stereocenters. The molecule has 0 saturated carbocycles. The van der Waals surface area contributed by atoms with E-state index in [2.05, 4.69) is 22.8 Å². The van der Waals surface area contributed by atoms with Crippen molar-refractivity contribution in [3.63, 3.8) is 0 Å². The number of carboxylic acids is 1. The quantitative estimate of drug-likeness (QED) is 0.390. The first-order valence-electron chi connectivity index (χ1n) is 9.52. The van der Waals surface area contributed by atoms with Crippen LogP contribution >= 0.6 is 0 Å². The fourth-order valence-electron chi connectivity index (χ4n) is 3.13. The highest BCUT2D eigenvalue weighted by molar-refractivity contribution is 5.69. The van der Waals surface area contributed by atoms with E-state index in [0.29, 0.717) is 18.0 Å². The van der Waals surface area contributed by atoms with Crippen LogP contribution in [0.2, 0.25) is 0 Å². The molecule has 4 nitrogen and oxygen atoms in total. The van der Waals surface area contributed by atoms with Gasteiger partial charge in [-0.3, -0.25) is 4.79 Å². The zero-order valence-electron chi connectivity index (χ0n) is 16.6. The first-order chi connectivity index (χ1) is 14.6. The summed E-state index contributed by atoms with van der Waals surface area (Å²) in [5, 5.41) is 9.06. The third-order valence-corrected chi connectivity index (χ3v) is 4.64. The summed E-state index contributed by atoms with van der Waals surface area (Å²) in [6.45, 7) is 9.18. The van der Waals surface area contributed by atoms with Gasteiger partial charge in [-0.05, 0) is 47.4 Å². The molecule has 0 aliphatic carbocycles. The zero-order chi connectivity index (χ0) is 21.3. The van der Waals surface area contributed by atoms with Gasteiger partial charge in [0.2, 0.25) is 0 Å². The van der Waals surface area contributed by atoms with Crippen molar-refractivity contribution in [3.8, 4) is 28.7 Å². The molecule has 0 amide bonds. The van der Waals surface area contributed by atoms with E-state index in [9.17, 15) is 4.79 Å². The van der Waals surface area contributed by atoms with E-state index >= 15 is 0 Å². The number of aliphatic carboxylic acids is 1. The van der Waals surface area contributed by atoms with Crippen LogP contribution in [-0.2, 0) is 11.4 Å². The molecule has 0 fully saturated rings. The van der Waals surface area contributed by atoms with Crippen molar-refractivity contribution in [2.45, 2.75) is 25.9 Å². The van der Waals surface area contributed by atoms with Crippen LogP contribution in [-0.4, -0.2) is 11.1 Å². The summed E-state index contributed by atoms with van der Waals surface area (Å²) in [6.07, 6.45) is -0.0231. The summed E-state index contributed by atoms with van der Waals surface area (Å²) in [4.78, 5) is 14.5. The largest absolute Gasteiger partial charge is 0.489 e. The standard InChI is InChI=1S/C26H21NO3/c1-3-5-22(17-26(28)29)21-10-14-25(15-11-21)30-18-19-6-4-7-23(16-19)20-8-12-24(27-2)13-9-20/h4,6-16,22H,17-18H2,1H3,(H,28,29). The molecule has 0 aromatic heterocycles. The Balaban J connectivity index is 1.67. The Labute approximate surface area is 176 Å². The van der Waals surface area contributed by atoms with Crippen LogP contribution in [0.15, 0.2) is 72.8 Å². The number of rotatable bonds is 7. The van der Waals surface area contributed by atoms with E-state index in [-0.39, 0.29) is 12.3 Å². The summed E-state index contributed by atoms with van der Waals surface area (Å²) in [7, 11) is 0. The van der Waals surface area contributed by atoms with Gasteiger partial charge >= 0.3 is 5.97 Å². The fraction of sp³-hybridized carbons (Fsp3) is 0.154. The summed E-state index contributed by atoms with van der Waals surface area (Å²) in [5.74, 6) is 5.26. The number of nitrogens with zero attached hydrogens (tertiary/aromatic N) is 1. The average Bonchev–Trinajstić information content (AvgIpc) is 2.78. The van der Waals surface area contributed by atoms with Gasteiger partial charge in [-0.2, -0.15) is 0 Å². The molecule has 1 unspecified atom stereocenters. The van der Waals surface area contributed by atoms with Crippen molar-refractivity contribution < 1.29 is 14.6 Å². The lowest BCUT2D eigenvalue weighted by Gasteiger charge is -2.11. The molecule has 0 heterocycles. The Bertz CT molecular complexity index is 1110. The van der Waals surface area contributed by atoms with Gasteiger partial charge in [0.05, 0.1) is 18.9 Å². The van der Waals surface area contributed by atoms with Crippen LogP contribution in [0.25, 0.3) is 16.0 Å². The zero-order valence-corrected chi connectivity index (χ0v) is 16.6. The highest BCUT2D eigenvalue weighted by atomic mass is 16.5. The topological polar surface area (TPSA) is 50.9 Å². The minimum atomic E-state index is -0.869. The average molecular weight is 395 g/mol. The second kappa shape index (κ2) is 9.96. The summed E-state index contributed by atoms with van der Waals surface area (Å²) in [5.41, 5.74) is 4.64. The van der Waals surface area contributed by atoms with E-state index in [1.165, 1.54) is 0 Å². The first-order valence-corrected chi connectivity index (χ1v) is 9.52. The van der Waals surface area contributed by atoms with Gasteiger partial charge in [0.25, 0.3) is 0 Å². The van der Waals surface area contributed by atoms with E-state index in [1.54, 1.807) is 6.92 Å². The van der Waals surface area contributed by atoms with E-state index in [0.717, 1.165) is 22.3 Å². The predicted molar refractivity (Wildman–Crippen MR) is 117 cm³/mol.